The van der Waals surface area contributed by atoms with Crippen LogP contribution in [0, 0.1) is 0 Å². The molecule has 0 radical (unpaired) electrons. The third kappa shape index (κ3) is 3.32. The summed E-state index contributed by atoms with van der Waals surface area (Å²) in [6, 6.07) is 15.3. The third-order valence-electron chi connectivity index (χ3n) is 5.87. The predicted molar refractivity (Wildman–Crippen MR) is 121 cm³/mol. The zero-order valence-corrected chi connectivity index (χ0v) is 18.2. The van der Waals surface area contributed by atoms with Gasteiger partial charge in [0.2, 0.25) is 5.78 Å². The van der Waals surface area contributed by atoms with Crippen molar-refractivity contribution in [2.75, 3.05) is 6.61 Å². The highest BCUT2D eigenvalue weighted by Gasteiger charge is 2.45. The monoisotopic (exact) mass is 469 g/mol. The maximum absolute atomic E-state index is 13.0. The molecule has 1 aliphatic heterocycles. The molecule has 0 fully saturated rings. The van der Waals surface area contributed by atoms with Crippen molar-refractivity contribution >= 4 is 45.8 Å². The molecule has 1 aliphatic rings. The number of para-hydroxylation sites is 4. The van der Waals surface area contributed by atoms with E-state index < -0.39 is 23.6 Å². The lowest BCUT2D eigenvalue weighted by atomic mass is 9.97. The SMILES string of the molecule is CC1(Sc2nc3ccccc3[nH]2)c2cn3c4ccccc4nc3n2C=CC1OCC(F)(F)F. The smallest absolute Gasteiger partial charge is 0.363 e. The molecule has 4 heterocycles. The summed E-state index contributed by atoms with van der Waals surface area (Å²) in [5, 5.41) is 0.602. The Hall–Kier alpha value is -3.24. The fourth-order valence-electron chi connectivity index (χ4n) is 4.32. The second kappa shape index (κ2) is 7.13. The molecule has 0 saturated heterocycles. The van der Waals surface area contributed by atoms with E-state index in [-0.39, 0.29) is 0 Å². The number of alkyl halides is 3. The number of hydrogen-bond acceptors (Lipinski definition) is 4. The number of H-pyrrole nitrogens is 1. The molecule has 0 aliphatic carbocycles. The number of imidazole rings is 3. The Morgan fingerprint density at radius 1 is 1.09 bits per heavy atom. The minimum absolute atomic E-state index is 0.602. The lowest BCUT2D eigenvalue weighted by molar-refractivity contribution is -0.183. The molecule has 3 aromatic heterocycles. The normalized spacial score (nSPS) is 20.8. The lowest BCUT2D eigenvalue weighted by Crippen LogP contribution is -2.40. The van der Waals surface area contributed by atoms with E-state index in [1.54, 1.807) is 12.3 Å². The van der Waals surface area contributed by atoms with Crippen LogP contribution in [0.4, 0.5) is 13.2 Å². The van der Waals surface area contributed by atoms with Gasteiger partial charge in [0.25, 0.3) is 0 Å². The van der Waals surface area contributed by atoms with Crippen molar-refractivity contribution in [2.24, 2.45) is 0 Å². The van der Waals surface area contributed by atoms with Crippen molar-refractivity contribution in [3.05, 3.63) is 66.5 Å². The molecule has 2 atom stereocenters. The number of aromatic nitrogens is 5. The maximum Gasteiger partial charge on any atom is 0.411 e. The van der Waals surface area contributed by atoms with Crippen LogP contribution in [-0.2, 0) is 9.48 Å². The number of nitrogens with zero attached hydrogens (tertiary/aromatic N) is 4. The van der Waals surface area contributed by atoms with Gasteiger partial charge in [0.05, 0.1) is 38.6 Å². The van der Waals surface area contributed by atoms with Crippen molar-refractivity contribution in [1.29, 1.82) is 0 Å². The van der Waals surface area contributed by atoms with Gasteiger partial charge in [-0.15, -0.1) is 0 Å². The summed E-state index contributed by atoms with van der Waals surface area (Å²) in [5.74, 6) is 0.688. The average molecular weight is 469 g/mol. The molecular formula is C23H18F3N5OS. The molecule has 10 heteroatoms. The summed E-state index contributed by atoms with van der Waals surface area (Å²) in [4.78, 5) is 12.6. The van der Waals surface area contributed by atoms with Gasteiger partial charge in [0, 0.05) is 12.4 Å². The van der Waals surface area contributed by atoms with Crippen LogP contribution < -0.4 is 0 Å². The van der Waals surface area contributed by atoms with Crippen molar-refractivity contribution in [1.82, 2.24) is 23.9 Å². The molecule has 0 spiro atoms. The molecule has 33 heavy (non-hydrogen) atoms. The van der Waals surface area contributed by atoms with Gasteiger partial charge in [0.1, 0.15) is 6.61 Å². The van der Waals surface area contributed by atoms with Gasteiger partial charge in [-0.05, 0) is 37.3 Å². The molecule has 2 aromatic carbocycles. The number of nitrogens with one attached hydrogen (secondary N) is 1. The van der Waals surface area contributed by atoms with Crippen LogP contribution in [-0.4, -0.2) is 42.8 Å². The van der Waals surface area contributed by atoms with Crippen LogP contribution in [0.15, 0.2) is 66.0 Å². The fourth-order valence-corrected chi connectivity index (χ4v) is 5.54. The van der Waals surface area contributed by atoms with Crippen LogP contribution in [0.1, 0.15) is 12.6 Å². The molecule has 0 saturated carbocycles. The van der Waals surface area contributed by atoms with Crippen LogP contribution in [0.2, 0.25) is 0 Å². The minimum atomic E-state index is -4.43. The zero-order valence-electron chi connectivity index (χ0n) is 17.4. The van der Waals surface area contributed by atoms with E-state index in [0.717, 1.165) is 27.8 Å². The molecule has 168 valence electrons. The first-order chi connectivity index (χ1) is 15.8. The van der Waals surface area contributed by atoms with E-state index in [2.05, 4.69) is 9.97 Å². The number of hydrogen-bond donors (Lipinski definition) is 1. The summed E-state index contributed by atoms with van der Waals surface area (Å²) in [6.45, 7) is 0.544. The molecule has 5 aromatic rings. The van der Waals surface area contributed by atoms with E-state index in [9.17, 15) is 13.2 Å². The highest BCUT2D eigenvalue weighted by Crippen LogP contribution is 2.48. The van der Waals surface area contributed by atoms with E-state index >= 15 is 0 Å². The number of ether oxygens (including phenoxy) is 1. The Bertz CT molecular complexity index is 1500. The zero-order chi connectivity index (χ0) is 22.8. The van der Waals surface area contributed by atoms with Crippen LogP contribution in [0.3, 0.4) is 0 Å². The Morgan fingerprint density at radius 3 is 2.64 bits per heavy atom. The van der Waals surface area contributed by atoms with Crippen molar-refractivity contribution in [3.8, 4) is 0 Å². The van der Waals surface area contributed by atoms with Gasteiger partial charge in [-0.2, -0.15) is 13.2 Å². The van der Waals surface area contributed by atoms with Gasteiger partial charge < -0.3 is 9.72 Å². The number of rotatable bonds is 4. The van der Waals surface area contributed by atoms with Gasteiger partial charge in [-0.25, -0.2) is 9.97 Å². The summed E-state index contributed by atoms with van der Waals surface area (Å²) in [6.07, 6.45) is 0.0546. The number of aromatic amines is 1. The first-order valence-corrected chi connectivity index (χ1v) is 11.1. The van der Waals surface area contributed by atoms with E-state index in [1.165, 1.54) is 11.8 Å². The second-order valence-electron chi connectivity index (χ2n) is 8.11. The fraction of sp³-hybridized carbons (Fsp3) is 0.217. The first kappa shape index (κ1) is 20.4. The quantitative estimate of drug-likeness (QED) is 0.372. The Morgan fingerprint density at radius 2 is 1.85 bits per heavy atom. The summed E-state index contributed by atoms with van der Waals surface area (Å²) >= 11 is 1.35. The van der Waals surface area contributed by atoms with E-state index in [0.29, 0.717) is 10.9 Å². The minimum Gasteiger partial charge on any atom is -0.363 e. The largest absolute Gasteiger partial charge is 0.411 e. The molecule has 0 bridgehead atoms. The van der Waals surface area contributed by atoms with Crippen molar-refractivity contribution in [2.45, 2.75) is 29.1 Å². The Labute approximate surface area is 190 Å². The molecular weight excluding hydrogens is 451 g/mol. The lowest BCUT2D eigenvalue weighted by Gasteiger charge is -2.37. The van der Waals surface area contributed by atoms with Gasteiger partial charge in [-0.1, -0.05) is 36.0 Å². The van der Waals surface area contributed by atoms with Gasteiger partial charge >= 0.3 is 6.18 Å². The highest BCUT2D eigenvalue weighted by molar-refractivity contribution is 8.00. The van der Waals surface area contributed by atoms with Gasteiger partial charge in [-0.3, -0.25) is 8.97 Å². The molecule has 6 nitrogen and oxygen atoms in total. The molecule has 0 amide bonds. The molecule has 6 rings (SSSR count). The van der Waals surface area contributed by atoms with Crippen LogP contribution in [0.25, 0.3) is 34.0 Å². The topological polar surface area (TPSA) is 60.1 Å². The number of fused-ring (bicyclic) bond motifs is 6. The van der Waals surface area contributed by atoms with Crippen molar-refractivity contribution in [3.63, 3.8) is 0 Å². The van der Waals surface area contributed by atoms with Crippen LogP contribution >= 0.6 is 11.8 Å². The Balaban J connectivity index is 1.49. The molecule has 1 N–H and O–H groups in total. The standard InChI is InChI=1S/C23H18F3N5OS/c1-22(33-20-27-14-6-2-3-7-15(14)28-20)18-12-31-17-9-5-4-8-16(17)29-21(31)30(18)11-10-19(22)32-13-23(24,25)26/h2-12,19H,13H2,1H3,(H,27,28). The van der Waals surface area contributed by atoms with E-state index in [1.807, 2.05) is 70.6 Å². The second-order valence-corrected chi connectivity index (χ2v) is 9.55. The number of benzene rings is 2. The average Bonchev–Trinajstić information content (AvgIpc) is 3.44. The summed E-state index contributed by atoms with van der Waals surface area (Å²) in [7, 11) is 0. The maximum atomic E-state index is 13.0. The Kier molecular flexibility index (Phi) is 4.40. The van der Waals surface area contributed by atoms with E-state index in [4.69, 9.17) is 9.72 Å². The predicted octanol–water partition coefficient (Wildman–Crippen LogP) is 5.60. The number of halogens is 3. The van der Waals surface area contributed by atoms with Crippen LogP contribution in [0.5, 0.6) is 0 Å². The third-order valence-corrected chi connectivity index (χ3v) is 7.12. The van der Waals surface area contributed by atoms with Gasteiger partial charge in [0.15, 0.2) is 5.16 Å². The summed E-state index contributed by atoms with van der Waals surface area (Å²) in [5.41, 5.74) is 4.19. The van der Waals surface area contributed by atoms with Crippen molar-refractivity contribution < 1.29 is 17.9 Å². The number of thioether (sulfide) groups is 1. The summed E-state index contributed by atoms with van der Waals surface area (Å²) < 4.78 is 47.4. The molecule has 2 unspecified atom stereocenters. The highest BCUT2D eigenvalue weighted by atomic mass is 32.2. The first-order valence-electron chi connectivity index (χ1n) is 10.3.